The average Bonchev–Trinajstić information content (AvgIpc) is 2.28. The van der Waals surface area contributed by atoms with Gasteiger partial charge >= 0.3 is 0 Å². The predicted octanol–water partition coefficient (Wildman–Crippen LogP) is 2.74. The first kappa shape index (κ1) is 14.9. The molecule has 1 aliphatic carbocycles. The lowest BCUT2D eigenvalue weighted by molar-refractivity contribution is -0.414. The summed E-state index contributed by atoms with van der Waals surface area (Å²) in [7, 11) is 0. The molecule has 1 atom stereocenters. The molecule has 1 saturated carbocycles. The normalized spacial score (nSPS) is 21.2. The first-order valence-electron chi connectivity index (χ1n) is 6.70. The largest absolute Gasteiger partial charge is 0.390 e. The third-order valence-electron chi connectivity index (χ3n) is 3.56. The summed E-state index contributed by atoms with van der Waals surface area (Å²) in [5.41, 5.74) is -0.764. The summed E-state index contributed by atoms with van der Waals surface area (Å²) < 4.78 is 0. The van der Waals surface area contributed by atoms with Crippen molar-refractivity contribution in [2.24, 2.45) is 5.92 Å². The zero-order chi connectivity index (χ0) is 13.1. The van der Waals surface area contributed by atoms with Crippen LogP contribution in [0.2, 0.25) is 0 Å². The van der Waals surface area contributed by atoms with E-state index in [2.05, 4.69) is 0 Å². The van der Waals surface area contributed by atoms with E-state index in [1.165, 1.54) is 6.42 Å². The molecule has 2 N–H and O–H groups in total. The van der Waals surface area contributed by atoms with Crippen LogP contribution in [-0.4, -0.2) is 33.3 Å². The van der Waals surface area contributed by atoms with Crippen molar-refractivity contribution in [1.82, 2.24) is 5.23 Å². The molecule has 1 aliphatic rings. The molecule has 4 nitrogen and oxygen atoms in total. The molecule has 0 aromatic rings. The van der Waals surface area contributed by atoms with Gasteiger partial charge in [-0.3, -0.25) is 10.0 Å². The van der Waals surface area contributed by atoms with Crippen LogP contribution >= 0.6 is 0 Å². The Morgan fingerprint density at radius 1 is 1.18 bits per heavy atom. The standard InChI is InChI=1S/C13H27NO3/c1-10(2)12(15)13(3,4)17-14(16)11-8-6-5-7-9-11/h10-12,15-16H,5-9H2,1-4H3. The van der Waals surface area contributed by atoms with Crippen molar-refractivity contribution in [3.05, 3.63) is 0 Å². The fourth-order valence-electron chi connectivity index (χ4n) is 2.47. The fourth-order valence-corrected chi connectivity index (χ4v) is 2.47. The van der Waals surface area contributed by atoms with Crippen molar-refractivity contribution in [2.75, 3.05) is 0 Å². The van der Waals surface area contributed by atoms with Gasteiger partial charge in [-0.25, -0.2) is 0 Å². The lowest BCUT2D eigenvalue weighted by Gasteiger charge is -2.38. The van der Waals surface area contributed by atoms with Gasteiger partial charge < -0.3 is 5.11 Å². The summed E-state index contributed by atoms with van der Waals surface area (Å²) in [6.07, 6.45) is 4.84. The van der Waals surface area contributed by atoms with Crippen LogP contribution in [0.3, 0.4) is 0 Å². The Balaban J connectivity index is 2.50. The summed E-state index contributed by atoms with van der Waals surface area (Å²) in [5, 5.41) is 21.0. The number of hydrogen-bond acceptors (Lipinski definition) is 4. The van der Waals surface area contributed by atoms with Crippen LogP contribution < -0.4 is 0 Å². The minimum atomic E-state index is -0.764. The molecule has 0 spiro atoms. The second kappa shape index (κ2) is 6.14. The second-order valence-electron chi connectivity index (χ2n) is 5.98. The van der Waals surface area contributed by atoms with Crippen molar-refractivity contribution in [1.29, 1.82) is 0 Å². The van der Waals surface area contributed by atoms with E-state index < -0.39 is 11.7 Å². The number of nitrogens with zero attached hydrogens (tertiary/aromatic N) is 1. The zero-order valence-corrected chi connectivity index (χ0v) is 11.5. The van der Waals surface area contributed by atoms with Gasteiger partial charge in [0.25, 0.3) is 0 Å². The number of aliphatic hydroxyl groups is 1. The van der Waals surface area contributed by atoms with Crippen LogP contribution in [0.5, 0.6) is 0 Å². The van der Waals surface area contributed by atoms with Crippen LogP contribution in [-0.2, 0) is 4.84 Å². The fraction of sp³-hybridized carbons (Fsp3) is 1.00. The van der Waals surface area contributed by atoms with Crippen LogP contribution in [0.4, 0.5) is 0 Å². The number of aliphatic hydroxyl groups excluding tert-OH is 1. The molecule has 0 aromatic heterocycles. The molecule has 1 unspecified atom stereocenters. The maximum Gasteiger partial charge on any atom is 0.113 e. The van der Waals surface area contributed by atoms with Gasteiger partial charge in [0.1, 0.15) is 5.60 Å². The Kier molecular flexibility index (Phi) is 5.38. The van der Waals surface area contributed by atoms with Crippen LogP contribution in [0.15, 0.2) is 0 Å². The van der Waals surface area contributed by atoms with E-state index in [4.69, 9.17) is 4.84 Å². The van der Waals surface area contributed by atoms with Gasteiger partial charge in [0.2, 0.25) is 0 Å². The lowest BCUT2D eigenvalue weighted by Crippen LogP contribution is -2.49. The van der Waals surface area contributed by atoms with Gasteiger partial charge in [0.05, 0.1) is 12.1 Å². The Morgan fingerprint density at radius 3 is 2.18 bits per heavy atom. The highest BCUT2D eigenvalue weighted by Crippen LogP contribution is 2.27. The van der Waals surface area contributed by atoms with Gasteiger partial charge in [-0.1, -0.05) is 38.3 Å². The molecule has 4 heteroatoms. The highest BCUT2D eigenvalue weighted by atomic mass is 16.9. The third kappa shape index (κ3) is 4.21. The molecule has 0 saturated heterocycles. The molecule has 0 heterocycles. The van der Waals surface area contributed by atoms with Gasteiger partial charge in [0, 0.05) is 0 Å². The van der Waals surface area contributed by atoms with E-state index in [9.17, 15) is 10.3 Å². The van der Waals surface area contributed by atoms with Crippen molar-refractivity contribution < 1.29 is 15.2 Å². The highest BCUT2D eigenvalue weighted by Gasteiger charge is 2.35. The molecule has 0 aliphatic heterocycles. The molecule has 0 bridgehead atoms. The Hall–Kier alpha value is -0.160. The number of hydroxylamine groups is 2. The number of hydrogen-bond donors (Lipinski definition) is 2. The average molecular weight is 245 g/mol. The Bertz CT molecular complexity index is 225. The topological polar surface area (TPSA) is 52.9 Å². The van der Waals surface area contributed by atoms with Crippen molar-refractivity contribution >= 4 is 0 Å². The molecule has 17 heavy (non-hydrogen) atoms. The molecule has 1 rings (SSSR count). The monoisotopic (exact) mass is 245 g/mol. The van der Waals surface area contributed by atoms with E-state index in [1.54, 1.807) is 0 Å². The molecule has 1 fully saturated rings. The van der Waals surface area contributed by atoms with Gasteiger partial charge in [-0.2, -0.15) is 0 Å². The van der Waals surface area contributed by atoms with E-state index in [0.29, 0.717) is 0 Å². The van der Waals surface area contributed by atoms with E-state index in [1.807, 2.05) is 27.7 Å². The first-order chi connectivity index (χ1) is 7.84. The summed E-state index contributed by atoms with van der Waals surface area (Å²) in [5.74, 6) is 0.102. The third-order valence-corrected chi connectivity index (χ3v) is 3.56. The minimum absolute atomic E-state index is 0.0717. The maximum atomic E-state index is 10.0. The highest BCUT2D eigenvalue weighted by molar-refractivity contribution is 4.81. The molecular weight excluding hydrogens is 218 g/mol. The predicted molar refractivity (Wildman–Crippen MR) is 66.5 cm³/mol. The summed E-state index contributed by atoms with van der Waals surface area (Å²) >= 11 is 0. The Morgan fingerprint density at radius 2 is 1.71 bits per heavy atom. The molecular formula is C13H27NO3. The minimum Gasteiger partial charge on any atom is -0.390 e. The maximum absolute atomic E-state index is 10.0. The van der Waals surface area contributed by atoms with Crippen LogP contribution in [0.1, 0.15) is 59.8 Å². The van der Waals surface area contributed by atoms with E-state index in [0.717, 1.165) is 30.9 Å². The molecule has 102 valence electrons. The summed E-state index contributed by atoms with van der Waals surface area (Å²) in [6.45, 7) is 7.50. The Labute approximate surface area is 104 Å². The van der Waals surface area contributed by atoms with Gasteiger partial charge in [-0.15, -0.1) is 0 Å². The molecule has 0 amide bonds. The van der Waals surface area contributed by atoms with Crippen LogP contribution in [0, 0.1) is 5.92 Å². The van der Waals surface area contributed by atoms with Gasteiger partial charge in [0.15, 0.2) is 0 Å². The lowest BCUT2D eigenvalue weighted by atomic mass is 9.92. The zero-order valence-electron chi connectivity index (χ0n) is 11.5. The summed E-state index contributed by atoms with van der Waals surface area (Å²) in [6, 6.07) is 0.0717. The van der Waals surface area contributed by atoms with E-state index in [-0.39, 0.29) is 12.0 Å². The van der Waals surface area contributed by atoms with Crippen LogP contribution in [0.25, 0.3) is 0 Å². The van der Waals surface area contributed by atoms with Gasteiger partial charge in [-0.05, 0) is 32.6 Å². The van der Waals surface area contributed by atoms with Crippen molar-refractivity contribution in [3.63, 3.8) is 0 Å². The second-order valence-corrected chi connectivity index (χ2v) is 5.98. The summed E-state index contributed by atoms with van der Waals surface area (Å²) in [4.78, 5) is 5.54. The first-order valence-corrected chi connectivity index (χ1v) is 6.70. The van der Waals surface area contributed by atoms with Crippen molar-refractivity contribution in [3.8, 4) is 0 Å². The molecule has 0 radical (unpaired) electrons. The van der Waals surface area contributed by atoms with E-state index >= 15 is 0 Å². The molecule has 0 aromatic carbocycles. The van der Waals surface area contributed by atoms with Crippen molar-refractivity contribution in [2.45, 2.75) is 77.5 Å². The SMILES string of the molecule is CC(C)C(O)C(C)(C)ON(O)C1CCCCC1. The quantitative estimate of drug-likeness (QED) is 0.731. The smallest absolute Gasteiger partial charge is 0.113 e. The number of rotatable bonds is 5.